The fourth-order valence-corrected chi connectivity index (χ4v) is 1.64. The zero-order valence-electron chi connectivity index (χ0n) is 11.9. The highest BCUT2D eigenvalue weighted by molar-refractivity contribution is 5.88. The lowest BCUT2D eigenvalue weighted by atomic mass is 10.1. The Balaban J connectivity index is 2.58. The first kappa shape index (κ1) is 16.5. The Morgan fingerprint density at radius 2 is 2.00 bits per heavy atom. The van der Waals surface area contributed by atoms with Gasteiger partial charge in [-0.25, -0.2) is 4.79 Å². The number of amides is 2. The third-order valence-electron chi connectivity index (χ3n) is 2.74. The second kappa shape index (κ2) is 7.28. The zero-order valence-corrected chi connectivity index (χ0v) is 11.9. The number of aliphatic carboxylic acids is 1. The molecule has 1 rings (SSSR count). The van der Waals surface area contributed by atoms with Crippen LogP contribution in [-0.4, -0.2) is 35.5 Å². The van der Waals surface area contributed by atoms with Crippen LogP contribution in [0.15, 0.2) is 18.2 Å². The van der Waals surface area contributed by atoms with Crippen LogP contribution >= 0.6 is 0 Å². The van der Waals surface area contributed by atoms with Crippen molar-refractivity contribution in [2.45, 2.75) is 26.3 Å². The molecule has 0 aliphatic carbocycles. The van der Waals surface area contributed by atoms with Crippen LogP contribution in [0.25, 0.3) is 0 Å². The van der Waals surface area contributed by atoms with Gasteiger partial charge in [-0.05, 0) is 31.0 Å². The van der Waals surface area contributed by atoms with Crippen LogP contribution in [0.4, 0.5) is 0 Å². The van der Waals surface area contributed by atoms with Crippen LogP contribution in [0.1, 0.15) is 17.5 Å². The van der Waals surface area contributed by atoms with E-state index < -0.39 is 30.2 Å². The molecular weight excluding hydrogens is 276 g/mol. The number of nitrogens with two attached hydrogens (primary N) is 1. The third kappa shape index (κ3) is 5.52. The Labute approximate surface area is 122 Å². The van der Waals surface area contributed by atoms with Gasteiger partial charge in [-0.1, -0.05) is 12.1 Å². The molecule has 4 N–H and O–H groups in total. The number of rotatable bonds is 7. The summed E-state index contributed by atoms with van der Waals surface area (Å²) in [6, 6.07) is 4.20. The number of hydrogen-bond acceptors (Lipinski definition) is 4. The van der Waals surface area contributed by atoms with Crippen molar-refractivity contribution in [2.75, 3.05) is 6.61 Å². The summed E-state index contributed by atoms with van der Waals surface area (Å²) in [6.07, 6.45) is -0.468. The molecule has 0 saturated heterocycles. The van der Waals surface area contributed by atoms with Gasteiger partial charge in [-0.15, -0.1) is 0 Å². The summed E-state index contributed by atoms with van der Waals surface area (Å²) in [6.45, 7) is 3.38. The molecule has 1 aromatic rings. The number of nitrogens with one attached hydrogen (secondary N) is 1. The fourth-order valence-electron chi connectivity index (χ4n) is 1.64. The molecule has 0 aliphatic rings. The quantitative estimate of drug-likeness (QED) is 0.660. The molecule has 7 heteroatoms. The summed E-state index contributed by atoms with van der Waals surface area (Å²) >= 11 is 0. The van der Waals surface area contributed by atoms with Crippen LogP contribution in [0.2, 0.25) is 0 Å². The van der Waals surface area contributed by atoms with Gasteiger partial charge in [0.15, 0.2) is 6.61 Å². The van der Waals surface area contributed by atoms with E-state index in [0.717, 1.165) is 11.1 Å². The summed E-state index contributed by atoms with van der Waals surface area (Å²) in [4.78, 5) is 33.3. The fraction of sp³-hybridized carbons (Fsp3) is 0.357. The molecule has 0 spiro atoms. The number of carbonyl (C=O) groups excluding carboxylic acids is 2. The molecule has 114 valence electrons. The van der Waals surface area contributed by atoms with Gasteiger partial charge in [-0.3, -0.25) is 9.59 Å². The average molecular weight is 294 g/mol. The van der Waals surface area contributed by atoms with E-state index in [-0.39, 0.29) is 6.61 Å². The first-order chi connectivity index (χ1) is 9.79. The van der Waals surface area contributed by atoms with Crippen LogP contribution in [0.5, 0.6) is 5.75 Å². The lowest BCUT2D eigenvalue weighted by Gasteiger charge is -2.14. The minimum Gasteiger partial charge on any atom is -0.483 e. The number of carboxylic acids is 1. The summed E-state index contributed by atoms with van der Waals surface area (Å²) in [5, 5.41) is 11.1. The largest absolute Gasteiger partial charge is 0.483 e. The molecule has 0 heterocycles. The van der Waals surface area contributed by atoms with E-state index in [1.807, 2.05) is 26.0 Å². The van der Waals surface area contributed by atoms with Crippen molar-refractivity contribution in [2.24, 2.45) is 5.73 Å². The molecule has 0 saturated carbocycles. The van der Waals surface area contributed by atoms with E-state index in [9.17, 15) is 14.4 Å². The Morgan fingerprint density at radius 3 is 2.57 bits per heavy atom. The number of carbonyl (C=O) groups is 3. The maximum Gasteiger partial charge on any atom is 0.326 e. The second-order valence-electron chi connectivity index (χ2n) is 4.69. The number of benzene rings is 1. The van der Waals surface area contributed by atoms with Crippen molar-refractivity contribution >= 4 is 17.8 Å². The molecule has 0 unspecified atom stereocenters. The number of hydrogen-bond donors (Lipinski definition) is 3. The first-order valence-corrected chi connectivity index (χ1v) is 6.30. The third-order valence-corrected chi connectivity index (χ3v) is 2.74. The molecule has 21 heavy (non-hydrogen) atoms. The highest BCUT2D eigenvalue weighted by Crippen LogP contribution is 2.18. The molecule has 1 atom stereocenters. The lowest BCUT2D eigenvalue weighted by Crippen LogP contribution is -2.45. The van der Waals surface area contributed by atoms with E-state index in [2.05, 4.69) is 5.32 Å². The standard InChI is InChI=1S/C14H18N2O5/c1-8-3-4-9(2)11(5-8)21-7-13(18)16-10(14(19)20)6-12(15)17/h3-5,10H,6-7H2,1-2H3,(H2,15,17)(H,16,18)(H,19,20)/t10-/m0/s1. The molecule has 0 bridgehead atoms. The van der Waals surface area contributed by atoms with Crippen LogP contribution < -0.4 is 15.8 Å². The van der Waals surface area contributed by atoms with Gasteiger partial charge in [0.25, 0.3) is 5.91 Å². The number of primary amides is 1. The molecule has 2 amide bonds. The predicted molar refractivity (Wildman–Crippen MR) is 74.8 cm³/mol. The molecule has 7 nitrogen and oxygen atoms in total. The van der Waals surface area contributed by atoms with Crippen molar-refractivity contribution in [1.29, 1.82) is 0 Å². The summed E-state index contributed by atoms with van der Waals surface area (Å²) < 4.78 is 5.34. The minimum atomic E-state index is -1.35. The van der Waals surface area contributed by atoms with Crippen LogP contribution in [0, 0.1) is 13.8 Å². The lowest BCUT2D eigenvalue weighted by molar-refractivity contribution is -0.143. The van der Waals surface area contributed by atoms with Crippen LogP contribution in [0.3, 0.4) is 0 Å². The SMILES string of the molecule is Cc1ccc(C)c(OCC(=O)N[C@@H](CC(N)=O)C(=O)O)c1. The number of carboxylic acid groups (broad SMARTS) is 1. The van der Waals surface area contributed by atoms with E-state index in [1.54, 1.807) is 6.07 Å². The van der Waals surface area contributed by atoms with Crippen molar-refractivity contribution in [3.63, 3.8) is 0 Å². The molecule has 0 radical (unpaired) electrons. The Morgan fingerprint density at radius 1 is 1.33 bits per heavy atom. The zero-order chi connectivity index (χ0) is 16.0. The number of ether oxygens (including phenoxy) is 1. The second-order valence-corrected chi connectivity index (χ2v) is 4.69. The van der Waals surface area contributed by atoms with Crippen molar-refractivity contribution in [3.05, 3.63) is 29.3 Å². The average Bonchev–Trinajstić information content (AvgIpc) is 2.38. The van der Waals surface area contributed by atoms with Gasteiger partial charge < -0.3 is 20.9 Å². The van der Waals surface area contributed by atoms with Gasteiger partial charge in [0.1, 0.15) is 11.8 Å². The molecular formula is C14H18N2O5. The Kier molecular flexibility index (Phi) is 5.71. The van der Waals surface area contributed by atoms with Crippen molar-refractivity contribution < 1.29 is 24.2 Å². The topological polar surface area (TPSA) is 119 Å². The predicted octanol–water partition coefficient (Wildman–Crippen LogP) is 0.127. The normalized spacial score (nSPS) is 11.5. The minimum absolute atomic E-state index is 0.340. The van der Waals surface area contributed by atoms with E-state index >= 15 is 0 Å². The van der Waals surface area contributed by atoms with E-state index in [1.165, 1.54) is 0 Å². The highest BCUT2D eigenvalue weighted by atomic mass is 16.5. The highest BCUT2D eigenvalue weighted by Gasteiger charge is 2.22. The van der Waals surface area contributed by atoms with Gasteiger partial charge >= 0.3 is 5.97 Å². The van der Waals surface area contributed by atoms with E-state index in [4.69, 9.17) is 15.6 Å². The maximum absolute atomic E-state index is 11.7. The molecule has 1 aromatic carbocycles. The van der Waals surface area contributed by atoms with Crippen LogP contribution in [-0.2, 0) is 14.4 Å². The first-order valence-electron chi connectivity index (χ1n) is 6.30. The smallest absolute Gasteiger partial charge is 0.326 e. The van der Waals surface area contributed by atoms with Gasteiger partial charge in [0.2, 0.25) is 5.91 Å². The van der Waals surface area contributed by atoms with E-state index in [0.29, 0.717) is 5.75 Å². The van der Waals surface area contributed by atoms with Crippen molar-refractivity contribution in [1.82, 2.24) is 5.32 Å². The summed E-state index contributed by atoms with van der Waals surface area (Å²) in [7, 11) is 0. The Bertz CT molecular complexity index is 556. The van der Waals surface area contributed by atoms with Crippen molar-refractivity contribution in [3.8, 4) is 5.75 Å². The number of aryl methyl sites for hydroxylation is 2. The monoisotopic (exact) mass is 294 g/mol. The summed E-state index contributed by atoms with van der Waals surface area (Å²) in [5.74, 6) is -2.22. The van der Waals surface area contributed by atoms with Gasteiger partial charge in [-0.2, -0.15) is 0 Å². The molecule has 0 aromatic heterocycles. The molecule has 0 fully saturated rings. The summed E-state index contributed by atoms with van der Waals surface area (Å²) in [5.41, 5.74) is 6.76. The maximum atomic E-state index is 11.7. The molecule has 0 aliphatic heterocycles. The Hall–Kier alpha value is -2.57. The van der Waals surface area contributed by atoms with Gasteiger partial charge in [0, 0.05) is 0 Å². The van der Waals surface area contributed by atoms with Gasteiger partial charge in [0.05, 0.1) is 6.42 Å².